The van der Waals surface area contributed by atoms with Crippen LogP contribution in [0.2, 0.25) is 0 Å². The van der Waals surface area contributed by atoms with Crippen LogP contribution in [0.1, 0.15) is 21.5 Å². The first kappa shape index (κ1) is 22.6. The average Bonchev–Trinajstić information content (AvgIpc) is 3.60. The fourth-order valence-corrected chi connectivity index (χ4v) is 5.56. The molecule has 0 aliphatic carbocycles. The van der Waals surface area contributed by atoms with E-state index in [4.69, 9.17) is 5.10 Å². The van der Waals surface area contributed by atoms with Gasteiger partial charge in [-0.2, -0.15) is 5.10 Å². The molecule has 2 aromatic carbocycles. The monoisotopic (exact) mass is 493 g/mol. The minimum absolute atomic E-state index is 0.0594. The summed E-state index contributed by atoms with van der Waals surface area (Å²) in [5.41, 5.74) is 4.91. The number of hydrogen-bond acceptors (Lipinski definition) is 5. The van der Waals surface area contributed by atoms with Gasteiger partial charge in [-0.05, 0) is 28.6 Å². The van der Waals surface area contributed by atoms with Gasteiger partial charge < -0.3 is 4.90 Å². The zero-order valence-electron chi connectivity index (χ0n) is 20.0. The fraction of sp³-hybridized carbons (Fsp3) is 0.207. The summed E-state index contributed by atoms with van der Waals surface area (Å²) in [7, 11) is 0. The number of para-hydroxylation sites is 1. The van der Waals surface area contributed by atoms with Crippen LogP contribution in [0, 0.1) is 0 Å². The maximum Gasteiger partial charge on any atom is 0.257 e. The molecule has 36 heavy (non-hydrogen) atoms. The molecule has 0 atom stereocenters. The number of carbonyl (C=O) groups is 1. The molecule has 180 valence electrons. The third-order valence-electron chi connectivity index (χ3n) is 6.70. The van der Waals surface area contributed by atoms with Crippen molar-refractivity contribution in [2.75, 3.05) is 26.2 Å². The number of piperazine rings is 1. The molecule has 3 aromatic heterocycles. The van der Waals surface area contributed by atoms with Crippen molar-refractivity contribution in [3.8, 4) is 10.6 Å². The largest absolute Gasteiger partial charge is 0.336 e. The number of aromatic nitrogens is 3. The van der Waals surface area contributed by atoms with Gasteiger partial charge in [-0.15, -0.1) is 11.3 Å². The van der Waals surface area contributed by atoms with Crippen LogP contribution < -0.4 is 0 Å². The molecule has 6 nitrogen and oxygen atoms in total. The van der Waals surface area contributed by atoms with Crippen LogP contribution in [-0.4, -0.2) is 56.7 Å². The molecule has 1 aliphatic heterocycles. The van der Waals surface area contributed by atoms with E-state index < -0.39 is 0 Å². The second-order valence-corrected chi connectivity index (χ2v) is 10.1. The van der Waals surface area contributed by atoms with Crippen molar-refractivity contribution in [3.05, 3.63) is 107 Å². The van der Waals surface area contributed by atoms with Crippen LogP contribution in [0.5, 0.6) is 0 Å². The van der Waals surface area contributed by atoms with Gasteiger partial charge in [0.15, 0.2) is 0 Å². The number of fused-ring (bicyclic) bond motifs is 1. The molecule has 0 N–H and O–H groups in total. The van der Waals surface area contributed by atoms with Crippen molar-refractivity contribution in [2.45, 2.75) is 13.1 Å². The van der Waals surface area contributed by atoms with Crippen LogP contribution in [0.3, 0.4) is 0 Å². The molecular formula is C29H27N5OS. The average molecular weight is 494 g/mol. The Hall–Kier alpha value is -3.81. The molecule has 1 saturated heterocycles. The van der Waals surface area contributed by atoms with Crippen LogP contribution in [0.25, 0.3) is 21.5 Å². The number of benzene rings is 2. The lowest BCUT2D eigenvalue weighted by Crippen LogP contribution is -2.48. The molecule has 0 saturated carbocycles. The molecule has 0 bridgehead atoms. The molecule has 0 radical (unpaired) electrons. The van der Waals surface area contributed by atoms with E-state index in [-0.39, 0.29) is 5.91 Å². The lowest BCUT2D eigenvalue weighted by molar-refractivity contribution is 0.0629. The summed E-state index contributed by atoms with van der Waals surface area (Å²) in [5.74, 6) is 0.0594. The molecule has 7 heteroatoms. The summed E-state index contributed by atoms with van der Waals surface area (Å²) in [5, 5.41) is 8.02. The summed E-state index contributed by atoms with van der Waals surface area (Å²) in [6.45, 7) is 4.55. The third-order valence-corrected chi connectivity index (χ3v) is 7.58. The van der Waals surface area contributed by atoms with Gasteiger partial charge in [0.05, 0.1) is 22.5 Å². The predicted molar refractivity (Wildman–Crippen MR) is 144 cm³/mol. The Kier molecular flexibility index (Phi) is 6.32. The summed E-state index contributed by atoms with van der Waals surface area (Å²) in [6, 6.07) is 24.7. The molecule has 1 amide bonds. The first-order valence-corrected chi connectivity index (χ1v) is 13.1. The zero-order valence-corrected chi connectivity index (χ0v) is 20.8. The molecule has 4 heterocycles. The van der Waals surface area contributed by atoms with E-state index in [9.17, 15) is 4.79 Å². The highest BCUT2D eigenvalue weighted by molar-refractivity contribution is 7.13. The summed E-state index contributed by atoms with van der Waals surface area (Å²) < 4.78 is 1.89. The molecule has 5 aromatic rings. The topological polar surface area (TPSA) is 54.3 Å². The van der Waals surface area contributed by atoms with Gasteiger partial charge in [-0.3, -0.25) is 19.4 Å². The van der Waals surface area contributed by atoms with Gasteiger partial charge in [0.25, 0.3) is 5.91 Å². The normalized spacial score (nSPS) is 14.4. The van der Waals surface area contributed by atoms with Crippen molar-refractivity contribution in [3.63, 3.8) is 0 Å². The Morgan fingerprint density at radius 3 is 2.50 bits per heavy atom. The van der Waals surface area contributed by atoms with Crippen LogP contribution >= 0.6 is 11.3 Å². The fourth-order valence-electron chi connectivity index (χ4n) is 4.84. The van der Waals surface area contributed by atoms with E-state index in [2.05, 4.69) is 46.3 Å². The lowest BCUT2D eigenvalue weighted by atomic mass is 10.1. The van der Waals surface area contributed by atoms with Gasteiger partial charge in [-0.1, -0.05) is 60.7 Å². The number of carbonyl (C=O) groups excluding carboxylic acids is 1. The quantitative estimate of drug-likeness (QED) is 0.328. The number of rotatable bonds is 6. The van der Waals surface area contributed by atoms with Crippen molar-refractivity contribution >= 4 is 28.1 Å². The van der Waals surface area contributed by atoms with Crippen LogP contribution in [0.4, 0.5) is 0 Å². The molecular weight excluding hydrogens is 466 g/mol. The highest BCUT2D eigenvalue weighted by atomic mass is 32.1. The molecule has 0 spiro atoms. The number of thiophene rings is 1. The Balaban J connectivity index is 1.18. The van der Waals surface area contributed by atoms with Crippen molar-refractivity contribution in [1.82, 2.24) is 24.6 Å². The second-order valence-electron chi connectivity index (χ2n) is 9.11. The lowest BCUT2D eigenvalue weighted by Gasteiger charge is -2.34. The highest BCUT2D eigenvalue weighted by Gasteiger charge is 2.27. The molecule has 6 rings (SSSR count). The second kappa shape index (κ2) is 10.0. The van der Waals surface area contributed by atoms with Gasteiger partial charge in [-0.25, -0.2) is 0 Å². The van der Waals surface area contributed by atoms with Crippen LogP contribution in [0.15, 0.2) is 90.6 Å². The minimum atomic E-state index is 0.0594. The number of hydrogen-bond donors (Lipinski definition) is 0. The van der Waals surface area contributed by atoms with Crippen LogP contribution in [-0.2, 0) is 13.1 Å². The van der Waals surface area contributed by atoms with E-state index in [0.717, 1.165) is 46.7 Å². The Morgan fingerprint density at radius 1 is 0.861 bits per heavy atom. The van der Waals surface area contributed by atoms with Crippen molar-refractivity contribution in [2.24, 2.45) is 0 Å². The molecule has 1 fully saturated rings. The van der Waals surface area contributed by atoms with Gasteiger partial charge >= 0.3 is 0 Å². The highest BCUT2D eigenvalue weighted by Crippen LogP contribution is 2.28. The van der Waals surface area contributed by atoms with E-state index in [1.165, 1.54) is 5.56 Å². The molecule has 1 aliphatic rings. The van der Waals surface area contributed by atoms with E-state index in [1.807, 2.05) is 63.8 Å². The first-order chi connectivity index (χ1) is 17.7. The zero-order chi connectivity index (χ0) is 24.3. The summed E-state index contributed by atoms with van der Waals surface area (Å²) >= 11 is 1.62. The predicted octanol–water partition coefficient (Wildman–Crippen LogP) is 5.17. The summed E-state index contributed by atoms with van der Waals surface area (Å²) in [4.78, 5) is 23.7. The SMILES string of the molecule is O=C(c1cn(Cc2ccccc2)nc1-c1cccs1)N1CCN(Cc2cccc3cccnc23)CC1. The van der Waals surface area contributed by atoms with Gasteiger partial charge in [0.1, 0.15) is 5.69 Å². The Bertz CT molecular complexity index is 1470. The minimum Gasteiger partial charge on any atom is -0.336 e. The maximum absolute atomic E-state index is 13.7. The number of pyridine rings is 1. The Labute approximate surface area is 214 Å². The van der Waals surface area contributed by atoms with E-state index >= 15 is 0 Å². The maximum atomic E-state index is 13.7. The third kappa shape index (κ3) is 4.67. The smallest absolute Gasteiger partial charge is 0.257 e. The summed E-state index contributed by atoms with van der Waals surface area (Å²) in [6.07, 6.45) is 3.77. The Morgan fingerprint density at radius 2 is 1.69 bits per heavy atom. The first-order valence-electron chi connectivity index (χ1n) is 12.2. The van der Waals surface area contributed by atoms with Gasteiger partial charge in [0, 0.05) is 50.5 Å². The van der Waals surface area contributed by atoms with E-state index in [1.54, 1.807) is 11.3 Å². The standard InChI is InChI=1S/C29H27N5OS/c35-29(25-21-34(19-22-7-2-1-3-8-22)31-28(25)26-12-6-18-36-26)33-16-14-32(15-17-33)20-24-10-4-9-23-11-5-13-30-27(23)24/h1-13,18,21H,14-17,19-20H2. The van der Waals surface area contributed by atoms with Crippen molar-refractivity contribution < 1.29 is 4.79 Å². The molecule has 0 unspecified atom stereocenters. The van der Waals surface area contributed by atoms with Crippen molar-refractivity contribution in [1.29, 1.82) is 0 Å². The van der Waals surface area contributed by atoms with E-state index in [0.29, 0.717) is 25.2 Å². The van der Waals surface area contributed by atoms with Gasteiger partial charge in [0.2, 0.25) is 0 Å². The number of nitrogens with zero attached hydrogens (tertiary/aromatic N) is 5. The number of amides is 1.